The van der Waals surface area contributed by atoms with Crippen molar-refractivity contribution in [3.8, 4) is 5.75 Å². The number of rotatable bonds is 10. The molecule has 3 aromatic carbocycles. The van der Waals surface area contributed by atoms with Crippen molar-refractivity contribution < 1.29 is 14.3 Å². The van der Waals surface area contributed by atoms with Crippen molar-refractivity contribution >= 4 is 39.3 Å². The van der Waals surface area contributed by atoms with E-state index >= 15 is 0 Å². The lowest BCUT2D eigenvalue weighted by Gasteiger charge is -2.32. The quantitative estimate of drug-likeness (QED) is 0.364. The van der Waals surface area contributed by atoms with E-state index < -0.39 is 6.04 Å². The fourth-order valence-corrected chi connectivity index (χ4v) is 4.43. The van der Waals surface area contributed by atoms with Gasteiger partial charge in [0.15, 0.2) is 6.61 Å². The van der Waals surface area contributed by atoms with Crippen LogP contribution in [0, 0.1) is 6.92 Å². The van der Waals surface area contributed by atoms with Gasteiger partial charge in [-0.15, -0.1) is 0 Å². The molecule has 0 aromatic heterocycles. The number of likely N-dealkylation sites (N-methyl/N-ethyl adjacent to an activating group) is 1. The summed E-state index contributed by atoms with van der Waals surface area (Å²) >= 11 is 9.43. The van der Waals surface area contributed by atoms with E-state index in [-0.39, 0.29) is 18.4 Å². The lowest BCUT2D eigenvalue weighted by Crippen LogP contribution is -2.51. The molecule has 0 spiro atoms. The van der Waals surface area contributed by atoms with E-state index in [1.54, 1.807) is 23.1 Å². The van der Waals surface area contributed by atoms with Crippen molar-refractivity contribution in [3.63, 3.8) is 0 Å². The predicted octanol–water partition coefficient (Wildman–Crippen LogP) is 5.57. The number of benzene rings is 3. The molecule has 0 bridgehead atoms. The van der Waals surface area contributed by atoms with Crippen LogP contribution < -0.4 is 10.1 Å². The zero-order valence-electron chi connectivity index (χ0n) is 19.3. The van der Waals surface area contributed by atoms with Crippen molar-refractivity contribution in [1.82, 2.24) is 10.2 Å². The maximum Gasteiger partial charge on any atom is 0.261 e. The normalized spacial score (nSPS) is 11.5. The highest BCUT2D eigenvalue weighted by Crippen LogP contribution is 2.28. The first kappa shape index (κ1) is 25.8. The van der Waals surface area contributed by atoms with Crippen LogP contribution in [-0.4, -0.2) is 35.9 Å². The Labute approximate surface area is 214 Å². The molecule has 7 heteroatoms. The van der Waals surface area contributed by atoms with E-state index in [0.717, 1.165) is 16.7 Å². The molecule has 34 heavy (non-hydrogen) atoms. The first-order valence-electron chi connectivity index (χ1n) is 11.1. The summed E-state index contributed by atoms with van der Waals surface area (Å²) in [5.74, 6) is 0.0319. The monoisotopic (exact) mass is 542 g/mol. The third-order valence-electron chi connectivity index (χ3n) is 5.47. The number of amides is 2. The van der Waals surface area contributed by atoms with Crippen LogP contribution in [0.1, 0.15) is 23.6 Å². The number of hydrogen-bond acceptors (Lipinski definition) is 3. The number of carbonyl (C=O) groups is 2. The fourth-order valence-electron chi connectivity index (χ4n) is 3.63. The number of halogens is 2. The van der Waals surface area contributed by atoms with Gasteiger partial charge in [0.25, 0.3) is 5.91 Å². The van der Waals surface area contributed by atoms with Crippen molar-refractivity contribution in [3.05, 3.63) is 99.0 Å². The summed E-state index contributed by atoms with van der Waals surface area (Å²) in [6.07, 6.45) is 0.398. The SMILES string of the molecule is CCNC(=O)[C@@H](Cc1ccccc1)N(Cc1ccccc1C)C(=O)COc1ccc(Cl)cc1Br. The summed E-state index contributed by atoms with van der Waals surface area (Å²) in [5.41, 5.74) is 3.00. The molecule has 0 aliphatic rings. The van der Waals surface area contributed by atoms with Gasteiger partial charge in [-0.05, 0) is 64.7 Å². The average molecular weight is 544 g/mol. The molecule has 0 fully saturated rings. The number of nitrogens with zero attached hydrogens (tertiary/aromatic N) is 1. The van der Waals surface area contributed by atoms with Crippen molar-refractivity contribution in [2.24, 2.45) is 0 Å². The molecular weight excluding hydrogens is 516 g/mol. The highest BCUT2D eigenvalue weighted by molar-refractivity contribution is 9.10. The Kier molecular flexibility index (Phi) is 9.54. The first-order chi connectivity index (χ1) is 16.4. The van der Waals surface area contributed by atoms with Crippen LogP contribution in [0.15, 0.2) is 77.3 Å². The molecule has 0 unspecified atom stereocenters. The molecule has 0 aliphatic heterocycles. The van der Waals surface area contributed by atoms with Crippen molar-refractivity contribution in [1.29, 1.82) is 0 Å². The summed E-state index contributed by atoms with van der Waals surface area (Å²) in [4.78, 5) is 28.3. The zero-order chi connectivity index (χ0) is 24.5. The average Bonchev–Trinajstić information content (AvgIpc) is 2.82. The molecule has 0 aliphatic carbocycles. The van der Waals surface area contributed by atoms with Gasteiger partial charge in [-0.2, -0.15) is 0 Å². The molecule has 3 aromatic rings. The third-order valence-corrected chi connectivity index (χ3v) is 6.32. The van der Waals surface area contributed by atoms with Crippen LogP contribution in [0.2, 0.25) is 5.02 Å². The summed E-state index contributed by atoms with van der Waals surface area (Å²) in [6.45, 7) is 4.43. The molecule has 0 heterocycles. The smallest absolute Gasteiger partial charge is 0.261 e. The lowest BCUT2D eigenvalue weighted by molar-refractivity contribution is -0.142. The Bertz CT molecular complexity index is 1120. The second kappa shape index (κ2) is 12.6. The molecular formula is C27H28BrClN2O3. The second-order valence-electron chi connectivity index (χ2n) is 7.91. The second-order valence-corrected chi connectivity index (χ2v) is 9.20. The van der Waals surface area contributed by atoms with E-state index in [0.29, 0.717) is 34.8 Å². The fraction of sp³-hybridized carbons (Fsp3) is 0.259. The minimum Gasteiger partial charge on any atom is -0.483 e. The maximum absolute atomic E-state index is 13.5. The van der Waals surface area contributed by atoms with Gasteiger partial charge in [-0.1, -0.05) is 66.2 Å². The Morgan fingerprint density at radius 1 is 1.06 bits per heavy atom. The highest BCUT2D eigenvalue weighted by atomic mass is 79.9. The standard InChI is InChI=1S/C27H28BrClN2O3/c1-3-30-27(33)24(15-20-10-5-4-6-11-20)31(17-21-12-8-7-9-19(21)2)26(32)18-34-25-14-13-22(29)16-23(25)28/h4-14,16,24H,3,15,17-18H2,1-2H3,(H,30,33)/t24-/m1/s1. The molecule has 1 N–H and O–H groups in total. The van der Waals surface area contributed by atoms with E-state index in [1.807, 2.05) is 68.4 Å². The molecule has 2 amide bonds. The zero-order valence-corrected chi connectivity index (χ0v) is 21.6. The lowest BCUT2D eigenvalue weighted by atomic mass is 10.0. The Morgan fingerprint density at radius 2 is 1.76 bits per heavy atom. The van der Waals surface area contributed by atoms with Gasteiger partial charge >= 0.3 is 0 Å². The summed E-state index contributed by atoms with van der Waals surface area (Å²) < 4.78 is 6.47. The summed E-state index contributed by atoms with van der Waals surface area (Å²) in [5, 5.41) is 3.46. The van der Waals surface area contributed by atoms with Gasteiger partial charge in [-0.3, -0.25) is 9.59 Å². The van der Waals surface area contributed by atoms with Crippen LogP contribution in [0.25, 0.3) is 0 Å². The van der Waals surface area contributed by atoms with Crippen molar-refractivity contribution in [2.75, 3.05) is 13.2 Å². The van der Waals surface area contributed by atoms with Crippen molar-refractivity contribution in [2.45, 2.75) is 32.9 Å². The van der Waals surface area contributed by atoms with E-state index in [2.05, 4.69) is 21.2 Å². The number of aryl methyl sites for hydroxylation is 1. The summed E-state index contributed by atoms with van der Waals surface area (Å²) in [7, 11) is 0. The van der Waals surface area contributed by atoms with Gasteiger partial charge < -0.3 is 15.0 Å². The topological polar surface area (TPSA) is 58.6 Å². The number of nitrogens with one attached hydrogen (secondary N) is 1. The van der Waals surface area contributed by atoms with E-state index in [4.69, 9.17) is 16.3 Å². The van der Waals surface area contributed by atoms with E-state index in [9.17, 15) is 9.59 Å². The van der Waals surface area contributed by atoms with Gasteiger partial charge in [-0.25, -0.2) is 0 Å². The molecule has 5 nitrogen and oxygen atoms in total. The first-order valence-corrected chi connectivity index (χ1v) is 12.3. The minimum absolute atomic E-state index is 0.194. The molecule has 0 saturated carbocycles. The van der Waals surface area contributed by atoms with Crippen LogP contribution in [0.3, 0.4) is 0 Å². The van der Waals surface area contributed by atoms with Crippen LogP contribution in [-0.2, 0) is 22.6 Å². The number of hydrogen-bond donors (Lipinski definition) is 1. The third kappa shape index (κ3) is 7.08. The Morgan fingerprint density at radius 3 is 2.44 bits per heavy atom. The predicted molar refractivity (Wildman–Crippen MR) is 139 cm³/mol. The molecule has 178 valence electrons. The molecule has 0 saturated heterocycles. The van der Waals surface area contributed by atoms with Gasteiger partial charge in [0.2, 0.25) is 5.91 Å². The number of ether oxygens (including phenoxy) is 1. The molecule has 0 radical (unpaired) electrons. The largest absolute Gasteiger partial charge is 0.483 e. The highest BCUT2D eigenvalue weighted by Gasteiger charge is 2.30. The maximum atomic E-state index is 13.5. The Hall–Kier alpha value is -2.83. The van der Waals surface area contributed by atoms with Crippen LogP contribution >= 0.6 is 27.5 Å². The summed E-state index contributed by atoms with van der Waals surface area (Å²) in [6, 6.07) is 22.0. The van der Waals surface area contributed by atoms with Gasteiger partial charge in [0.05, 0.1) is 4.47 Å². The van der Waals surface area contributed by atoms with Crippen LogP contribution in [0.4, 0.5) is 0 Å². The molecule has 1 atom stereocenters. The van der Waals surface area contributed by atoms with Crippen LogP contribution in [0.5, 0.6) is 5.75 Å². The van der Waals surface area contributed by atoms with Gasteiger partial charge in [0.1, 0.15) is 11.8 Å². The molecule has 3 rings (SSSR count). The van der Waals surface area contributed by atoms with E-state index in [1.165, 1.54) is 0 Å². The minimum atomic E-state index is -0.688. The van der Waals surface area contributed by atoms with Gasteiger partial charge in [0, 0.05) is 24.5 Å². The Balaban J connectivity index is 1.91. The number of carbonyl (C=O) groups excluding carboxylic acids is 2.